The number of hydrogen-bond acceptors (Lipinski definition) is 3. The number of hydrogen-bond donors (Lipinski definition) is 1. The molecule has 3 aromatic rings. The van der Waals surface area contributed by atoms with Gasteiger partial charge in [-0.15, -0.1) is 6.42 Å². The third kappa shape index (κ3) is 4.74. The van der Waals surface area contributed by atoms with Crippen molar-refractivity contribution in [3.63, 3.8) is 0 Å². The van der Waals surface area contributed by atoms with Crippen LogP contribution in [0, 0.1) is 12.3 Å². The minimum Gasteiger partial charge on any atom is -0.480 e. The average Bonchev–Trinajstić information content (AvgIpc) is 2.72. The molecule has 4 nitrogen and oxygen atoms in total. The highest BCUT2D eigenvalue weighted by molar-refractivity contribution is 6.03. The van der Waals surface area contributed by atoms with E-state index in [-0.39, 0.29) is 12.2 Å². The number of halogens is 3. The van der Waals surface area contributed by atoms with E-state index >= 15 is 0 Å². The Kier molecular flexibility index (Phi) is 5.84. The van der Waals surface area contributed by atoms with Crippen LogP contribution >= 0.6 is 0 Å². The molecular weight excluding hydrogens is 381 g/mol. The summed E-state index contributed by atoms with van der Waals surface area (Å²) in [7, 11) is 0. The van der Waals surface area contributed by atoms with Crippen molar-refractivity contribution in [3.8, 4) is 18.1 Å². The molecule has 0 fully saturated rings. The topological polar surface area (TPSA) is 50.7 Å². The first-order chi connectivity index (χ1) is 13.9. The number of amides is 1. The van der Waals surface area contributed by atoms with Crippen LogP contribution in [-0.4, -0.2) is 18.7 Å². The van der Waals surface area contributed by atoms with Crippen molar-refractivity contribution in [2.45, 2.75) is 6.18 Å². The quantitative estimate of drug-likeness (QED) is 0.388. The number of terminal acetylenes is 1. The van der Waals surface area contributed by atoms with E-state index in [0.29, 0.717) is 11.3 Å². The zero-order valence-corrected chi connectivity index (χ0v) is 15.0. The summed E-state index contributed by atoms with van der Waals surface area (Å²) in [5.41, 5.74) is 1.76. The first-order valence-corrected chi connectivity index (χ1v) is 8.49. The standard InChI is InChI=1S/C22H15F3N2O2/c1-2-12-29-20-11-10-15-6-3-4-9-18(15)19(20)14-26-27-21(28)16-7-5-8-17(13-16)22(23,24)25/h1,3-11,13-14H,12H2,(H,27,28)/b26-14-. The Morgan fingerprint density at radius 3 is 2.69 bits per heavy atom. The fraction of sp³-hybridized carbons (Fsp3) is 0.0909. The summed E-state index contributed by atoms with van der Waals surface area (Å²) in [5.74, 6) is 2.08. The SMILES string of the molecule is C#CCOc1ccc2ccccc2c1/C=N\NC(=O)c1cccc(C(F)(F)F)c1. The van der Waals surface area contributed by atoms with Crippen LogP contribution in [0.1, 0.15) is 21.5 Å². The minimum absolute atomic E-state index is 0.0514. The molecule has 3 aromatic carbocycles. The molecule has 146 valence electrons. The van der Waals surface area contributed by atoms with E-state index in [1.54, 1.807) is 6.07 Å². The van der Waals surface area contributed by atoms with Crippen LogP contribution in [0.15, 0.2) is 65.8 Å². The fourth-order valence-electron chi connectivity index (χ4n) is 2.71. The van der Waals surface area contributed by atoms with Gasteiger partial charge in [-0.25, -0.2) is 5.43 Å². The number of alkyl halides is 3. The summed E-state index contributed by atoms with van der Waals surface area (Å²) in [6.45, 7) is 0.0514. The smallest absolute Gasteiger partial charge is 0.416 e. The van der Waals surface area contributed by atoms with Gasteiger partial charge in [0.05, 0.1) is 11.8 Å². The molecule has 1 N–H and O–H groups in total. The number of benzene rings is 3. The van der Waals surface area contributed by atoms with Gasteiger partial charge >= 0.3 is 6.18 Å². The number of ether oxygens (including phenoxy) is 1. The number of carbonyl (C=O) groups excluding carboxylic acids is 1. The second kappa shape index (κ2) is 8.48. The Labute approximate surface area is 165 Å². The lowest BCUT2D eigenvalue weighted by atomic mass is 10.0. The molecule has 7 heteroatoms. The summed E-state index contributed by atoms with van der Waals surface area (Å²) >= 11 is 0. The predicted octanol–water partition coefficient (Wildman–Crippen LogP) is 4.63. The maximum Gasteiger partial charge on any atom is 0.416 e. The fourth-order valence-corrected chi connectivity index (χ4v) is 2.71. The van der Waals surface area contributed by atoms with Crippen LogP contribution in [0.4, 0.5) is 13.2 Å². The number of nitrogens with zero attached hydrogens (tertiary/aromatic N) is 1. The molecule has 0 heterocycles. The van der Waals surface area contributed by atoms with Gasteiger partial charge in [-0.05, 0) is 35.0 Å². The zero-order valence-electron chi connectivity index (χ0n) is 15.0. The third-order valence-corrected chi connectivity index (χ3v) is 4.05. The van der Waals surface area contributed by atoms with Gasteiger partial charge in [-0.3, -0.25) is 4.79 Å². The van der Waals surface area contributed by atoms with Crippen molar-refractivity contribution in [2.75, 3.05) is 6.61 Å². The van der Waals surface area contributed by atoms with E-state index in [0.717, 1.165) is 29.0 Å². The minimum atomic E-state index is -4.54. The van der Waals surface area contributed by atoms with Crippen LogP contribution in [0.5, 0.6) is 5.75 Å². The number of hydrazone groups is 1. The van der Waals surface area contributed by atoms with E-state index in [1.165, 1.54) is 12.3 Å². The molecule has 29 heavy (non-hydrogen) atoms. The molecule has 0 unspecified atom stereocenters. The monoisotopic (exact) mass is 396 g/mol. The summed E-state index contributed by atoms with van der Waals surface area (Å²) in [6.07, 6.45) is 2.08. The van der Waals surface area contributed by atoms with Gasteiger partial charge in [-0.2, -0.15) is 18.3 Å². The van der Waals surface area contributed by atoms with Gasteiger partial charge in [0.2, 0.25) is 0 Å². The number of fused-ring (bicyclic) bond motifs is 1. The largest absolute Gasteiger partial charge is 0.480 e. The van der Waals surface area contributed by atoms with Crippen LogP contribution < -0.4 is 10.2 Å². The van der Waals surface area contributed by atoms with Crippen LogP contribution in [0.3, 0.4) is 0 Å². The van der Waals surface area contributed by atoms with Gasteiger partial charge in [0, 0.05) is 11.1 Å². The molecule has 0 aliphatic carbocycles. The van der Waals surface area contributed by atoms with Gasteiger partial charge in [0.15, 0.2) is 0 Å². The lowest BCUT2D eigenvalue weighted by molar-refractivity contribution is -0.137. The van der Waals surface area contributed by atoms with Crippen molar-refractivity contribution < 1.29 is 22.7 Å². The van der Waals surface area contributed by atoms with Crippen molar-refractivity contribution in [2.24, 2.45) is 5.10 Å². The molecule has 0 aromatic heterocycles. The Morgan fingerprint density at radius 2 is 1.93 bits per heavy atom. The summed E-state index contributed by atoms with van der Waals surface area (Å²) in [5, 5.41) is 5.63. The Hall–Kier alpha value is -3.79. The van der Waals surface area contributed by atoms with Crippen LogP contribution in [0.25, 0.3) is 10.8 Å². The molecular formula is C22H15F3N2O2. The van der Waals surface area contributed by atoms with E-state index in [9.17, 15) is 18.0 Å². The maximum atomic E-state index is 12.8. The van der Waals surface area contributed by atoms with E-state index in [1.807, 2.05) is 30.3 Å². The molecule has 0 atom stereocenters. The predicted molar refractivity (Wildman–Crippen MR) is 105 cm³/mol. The first-order valence-electron chi connectivity index (χ1n) is 8.49. The molecule has 0 aliphatic rings. The number of carbonyl (C=O) groups is 1. The van der Waals surface area contributed by atoms with Gasteiger partial charge in [0.25, 0.3) is 5.91 Å². The molecule has 0 radical (unpaired) electrons. The Balaban J connectivity index is 1.86. The van der Waals surface area contributed by atoms with Gasteiger partial charge in [-0.1, -0.05) is 42.3 Å². The first kappa shape index (κ1) is 20.0. The molecule has 0 spiro atoms. The lowest BCUT2D eigenvalue weighted by Gasteiger charge is -2.10. The van der Waals surface area contributed by atoms with Crippen LogP contribution in [-0.2, 0) is 6.18 Å². The number of rotatable bonds is 5. The normalized spacial score (nSPS) is 11.4. The van der Waals surface area contributed by atoms with Crippen molar-refractivity contribution in [1.29, 1.82) is 0 Å². The molecule has 1 amide bonds. The number of nitrogens with one attached hydrogen (secondary N) is 1. The highest BCUT2D eigenvalue weighted by Gasteiger charge is 2.30. The van der Waals surface area contributed by atoms with Gasteiger partial charge in [0.1, 0.15) is 12.4 Å². The highest BCUT2D eigenvalue weighted by atomic mass is 19.4. The Morgan fingerprint density at radius 1 is 1.14 bits per heavy atom. The molecule has 0 aliphatic heterocycles. The third-order valence-electron chi connectivity index (χ3n) is 4.05. The molecule has 0 saturated heterocycles. The van der Waals surface area contributed by atoms with Crippen molar-refractivity contribution >= 4 is 22.9 Å². The van der Waals surface area contributed by atoms with E-state index < -0.39 is 17.6 Å². The Bertz CT molecular complexity index is 1110. The van der Waals surface area contributed by atoms with E-state index in [2.05, 4.69) is 16.4 Å². The second-order valence-electron chi connectivity index (χ2n) is 5.97. The highest BCUT2D eigenvalue weighted by Crippen LogP contribution is 2.29. The summed E-state index contributed by atoms with van der Waals surface area (Å²) < 4.78 is 44.0. The summed E-state index contributed by atoms with van der Waals surface area (Å²) in [4.78, 5) is 12.2. The zero-order chi connectivity index (χ0) is 20.9. The molecule has 3 rings (SSSR count). The average molecular weight is 396 g/mol. The second-order valence-corrected chi connectivity index (χ2v) is 5.97. The molecule has 0 saturated carbocycles. The van der Waals surface area contributed by atoms with Crippen LogP contribution in [0.2, 0.25) is 0 Å². The molecule has 0 bridgehead atoms. The van der Waals surface area contributed by atoms with E-state index in [4.69, 9.17) is 11.2 Å². The van der Waals surface area contributed by atoms with Crippen molar-refractivity contribution in [3.05, 3.63) is 77.4 Å². The maximum absolute atomic E-state index is 12.8. The van der Waals surface area contributed by atoms with Crippen molar-refractivity contribution in [1.82, 2.24) is 5.43 Å². The lowest BCUT2D eigenvalue weighted by Crippen LogP contribution is -2.18. The van der Waals surface area contributed by atoms with Gasteiger partial charge < -0.3 is 4.74 Å². The summed E-state index contributed by atoms with van der Waals surface area (Å²) in [6, 6.07) is 15.2.